The van der Waals surface area contributed by atoms with E-state index < -0.39 is 6.04 Å². The lowest BCUT2D eigenvalue weighted by atomic mass is 10.2. The highest BCUT2D eigenvalue weighted by Crippen LogP contribution is 2.15. The van der Waals surface area contributed by atoms with Crippen LogP contribution in [0.3, 0.4) is 0 Å². The summed E-state index contributed by atoms with van der Waals surface area (Å²) in [6.07, 6.45) is 1.63. The molecule has 0 bridgehead atoms. The highest BCUT2D eigenvalue weighted by molar-refractivity contribution is 5.81. The summed E-state index contributed by atoms with van der Waals surface area (Å²) in [4.78, 5) is 19.9. The van der Waals surface area contributed by atoms with Crippen LogP contribution < -0.4 is 10.6 Å². The van der Waals surface area contributed by atoms with Crippen LogP contribution in [0.4, 0.5) is 5.82 Å². The van der Waals surface area contributed by atoms with Crippen LogP contribution in [-0.4, -0.2) is 48.0 Å². The number of aromatic nitrogens is 1. The largest absolute Gasteiger partial charge is 0.353 e. The molecule has 1 fully saturated rings. The smallest absolute Gasteiger partial charge is 0.239 e. The molecule has 0 radical (unpaired) electrons. The lowest BCUT2D eigenvalue weighted by Gasteiger charge is -2.36. The predicted molar refractivity (Wildman–Crippen MR) is 71.4 cm³/mol. The SMILES string of the molecule is CC(N)C(=O)N1CCN(c2cc(C#N)ccn2)CC1. The fourth-order valence-electron chi connectivity index (χ4n) is 2.10. The van der Waals surface area contributed by atoms with Crippen LogP contribution >= 0.6 is 0 Å². The van der Waals surface area contributed by atoms with Crippen molar-refractivity contribution < 1.29 is 4.79 Å². The van der Waals surface area contributed by atoms with Gasteiger partial charge < -0.3 is 15.5 Å². The van der Waals surface area contributed by atoms with Crippen molar-refractivity contribution in [3.8, 4) is 6.07 Å². The number of pyridine rings is 1. The Kier molecular flexibility index (Phi) is 3.97. The number of carbonyl (C=O) groups is 1. The van der Waals surface area contributed by atoms with Crippen LogP contribution in [0, 0.1) is 11.3 Å². The number of piperazine rings is 1. The van der Waals surface area contributed by atoms with Crippen molar-refractivity contribution in [1.82, 2.24) is 9.88 Å². The summed E-state index contributed by atoms with van der Waals surface area (Å²) < 4.78 is 0. The lowest BCUT2D eigenvalue weighted by Crippen LogP contribution is -2.52. The topological polar surface area (TPSA) is 86.3 Å². The van der Waals surface area contributed by atoms with Crippen molar-refractivity contribution in [2.75, 3.05) is 31.1 Å². The van der Waals surface area contributed by atoms with E-state index in [4.69, 9.17) is 11.0 Å². The molecule has 1 aromatic heterocycles. The van der Waals surface area contributed by atoms with Gasteiger partial charge in [-0.2, -0.15) is 5.26 Å². The van der Waals surface area contributed by atoms with E-state index in [1.54, 1.807) is 30.2 Å². The Labute approximate surface area is 112 Å². The minimum absolute atomic E-state index is 0.0154. The number of amides is 1. The molecule has 0 spiro atoms. The molecule has 1 saturated heterocycles. The molecule has 1 amide bonds. The highest BCUT2D eigenvalue weighted by Gasteiger charge is 2.23. The number of hydrogen-bond acceptors (Lipinski definition) is 5. The summed E-state index contributed by atoms with van der Waals surface area (Å²) in [5.41, 5.74) is 6.19. The van der Waals surface area contributed by atoms with E-state index in [2.05, 4.69) is 16.0 Å². The van der Waals surface area contributed by atoms with Gasteiger partial charge in [0.15, 0.2) is 0 Å². The summed E-state index contributed by atoms with van der Waals surface area (Å²) in [5.74, 6) is 0.769. The second kappa shape index (κ2) is 5.67. The maximum Gasteiger partial charge on any atom is 0.239 e. The van der Waals surface area contributed by atoms with Crippen LogP contribution in [0.5, 0.6) is 0 Å². The van der Waals surface area contributed by atoms with Crippen molar-refractivity contribution >= 4 is 11.7 Å². The fourth-order valence-corrected chi connectivity index (χ4v) is 2.10. The van der Waals surface area contributed by atoms with E-state index >= 15 is 0 Å². The van der Waals surface area contributed by atoms with E-state index in [0.29, 0.717) is 31.7 Å². The third-order valence-electron chi connectivity index (χ3n) is 3.18. The summed E-state index contributed by atoms with van der Waals surface area (Å²) in [7, 11) is 0. The molecular formula is C13H17N5O. The maximum absolute atomic E-state index is 11.8. The van der Waals surface area contributed by atoms with Crippen molar-refractivity contribution in [2.45, 2.75) is 13.0 Å². The second-order valence-electron chi connectivity index (χ2n) is 4.62. The van der Waals surface area contributed by atoms with Gasteiger partial charge >= 0.3 is 0 Å². The number of rotatable bonds is 2. The van der Waals surface area contributed by atoms with Crippen LogP contribution in [0.1, 0.15) is 12.5 Å². The van der Waals surface area contributed by atoms with Gasteiger partial charge in [-0.25, -0.2) is 4.98 Å². The summed E-state index contributed by atoms with van der Waals surface area (Å²) in [6, 6.07) is 5.10. The Morgan fingerprint density at radius 1 is 1.47 bits per heavy atom. The molecule has 1 aromatic rings. The van der Waals surface area contributed by atoms with E-state index in [1.807, 2.05) is 0 Å². The summed E-state index contributed by atoms with van der Waals surface area (Å²) >= 11 is 0. The second-order valence-corrected chi connectivity index (χ2v) is 4.62. The Morgan fingerprint density at radius 3 is 2.74 bits per heavy atom. The van der Waals surface area contributed by atoms with Crippen molar-refractivity contribution in [1.29, 1.82) is 5.26 Å². The normalized spacial score (nSPS) is 16.9. The molecular weight excluding hydrogens is 242 g/mol. The third kappa shape index (κ3) is 3.01. The zero-order chi connectivity index (χ0) is 13.8. The van der Waals surface area contributed by atoms with Gasteiger partial charge in [0.2, 0.25) is 5.91 Å². The molecule has 19 heavy (non-hydrogen) atoms. The third-order valence-corrected chi connectivity index (χ3v) is 3.18. The number of anilines is 1. The van der Waals surface area contributed by atoms with Crippen molar-refractivity contribution in [3.63, 3.8) is 0 Å². The van der Waals surface area contributed by atoms with Crippen LogP contribution in [0.25, 0.3) is 0 Å². The first-order valence-electron chi connectivity index (χ1n) is 6.27. The molecule has 1 unspecified atom stereocenters. The molecule has 6 heteroatoms. The molecule has 2 rings (SSSR count). The lowest BCUT2D eigenvalue weighted by molar-refractivity contribution is -0.132. The molecule has 0 saturated carbocycles. The van der Waals surface area contributed by atoms with Gasteiger partial charge in [0.25, 0.3) is 0 Å². The Bertz CT molecular complexity index is 500. The van der Waals surface area contributed by atoms with Gasteiger partial charge in [-0.1, -0.05) is 0 Å². The van der Waals surface area contributed by atoms with Gasteiger partial charge in [0, 0.05) is 32.4 Å². The Morgan fingerprint density at radius 2 is 2.16 bits per heavy atom. The standard InChI is InChI=1S/C13H17N5O/c1-10(15)13(19)18-6-4-17(5-7-18)12-8-11(9-14)2-3-16-12/h2-3,8,10H,4-7,15H2,1H3. The molecule has 2 heterocycles. The minimum atomic E-state index is -0.452. The van der Waals surface area contributed by atoms with Crippen molar-refractivity contribution in [3.05, 3.63) is 23.9 Å². The molecule has 1 aliphatic rings. The van der Waals surface area contributed by atoms with E-state index in [0.717, 1.165) is 5.82 Å². The molecule has 6 nitrogen and oxygen atoms in total. The number of carbonyl (C=O) groups excluding carboxylic acids is 1. The first-order chi connectivity index (χ1) is 9.11. The van der Waals surface area contributed by atoms with Gasteiger partial charge in [-0.05, 0) is 19.1 Å². The van der Waals surface area contributed by atoms with Gasteiger partial charge in [-0.3, -0.25) is 4.79 Å². The number of nitriles is 1. The summed E-state index contributed by atoms with van der Waals surface area (Å²) in [6.45, 7) is 4.39. The first-order valence-corrected chi connectivity index (χ1v) is 6.27. The van der Waals surface area contributed by atoms with Gasteiger partial charge in [-0.15, -0.1) is 0 Å². The van der Waals surface area contributed by atoms with E-state index in [1.165, 1.54) is 0 Å². The van der Waals surface area contributed by atoms with Crippen LogP contribution in [0.15, 0.2) is 18.3 Å². The average Bonchev–Trinajstić information content (AvgIpc) is 2.46. The molecule has 100 valence electrons. The first kappa shape index (κ1) is 13.3. The molecule has 1 atom stereocenters. The predicted octanol–water partition coefficient (Wildman–Crippen LogP) is -0.0509. The van der Waals surface area contributed by atoms with Gasteiger partial charge in [0.05, 0.1) is 17.7 Å². The van der Waals surface area contributed by atoms with E-state index in [9.17, 15) is 4.79 Å². The van der Waals surface area contributed by atoms with Crippen LogP contribution in [-0.2, 0) is 4.79 Å². The van der Waals surface area contributed by atoms with Crippen molar-refractivity contribution in [2.24, 2.45) is 5.73 Å². The molecule has 1 aliphatic heterocycles. The number of nitrogens with two attached hydrogens (primary N) is 1. The highest BCUT2D eigenvalue weighted by atomic mass is 16.2. The monoisotopic (exact) mass is 259 g/mol. The molecule has 2 N–H and O–H groups in total. The van der Waals surface area contributed by atoms with E-state index in [-0.39, 0.29) is 5.91 Å². The molecule has 0 aromatic carbocycles. The zero-order valence-corrected chi connectivity index (χ0v) is 10.9. The Hall–Kier alpha value is -2.13. The maximum atomic E-state index is 11.8. The number of nitrogens with zero attached hydrogens (tertiary/aromatic N) is 4. The Balaban J connectivity index is 2.00. The number of hydrogen-bond donors (Lipinski definition) is 1. The zero-order valence-electron chi connectivity index (χ0n) is 10.9. The molecule has 0 aliphatic carbocycles. The minimum Gasteiger partial charge on any atom is -0.353 e. The fraction of sp³-hybridized carbons (Fsp3) is 0.462. The van der Waals surface area contributed by atoms with Gasteiger partial charge in [0.1, 0.15) is 5.82 Å². The quantitative estimate of drug-likeness (QED) is 0.804. The average molecular weight is 259 g/mol. The summed E-state index contributed by atoms with van der Waals surface area (Å²) in [5, 5.41) is 8.87. The van der Waals surface area contributed by atoms with Crippen LogP contribution in [0.2, 0.25) is 0 Å².